The molecule has 7 heteroatoms. The molecule has 6 nitrogen and oxygen atoms in total. The quantitative estimate of drug-likeness (QED) is 0.446. The van der Waals surface area contributed by atoms with Crippen LogP contribution >= 0.6 is 0 Å². The van der Waals surface area contributed by atoms with Crippen molar-refractivity contribution in [3.05, 3.63) is 83.9 Å². The maximum atomic E-state index is 12.8. The van der Waals surface area contributed by atoms with Crippen molar-refractivity contribution in [1.82, 2.24) is 4.98 Å². The molecule has 3 N–H and O–H groups in total. The standard InChI is InChI=1S/C24H22N2O4S.CH4/c25-24(27)20-11-18(17-6-8-30-14-17)10-19-21(13-26-23(19)20)16-7-9-31(28,29)22(12-16)15-4-2-1-3-5-15;/h1-6,8,10-11,13-14,16,22,26H,7,9,12H2,(H2,25,27);1H4/t16-,22+;/m0./s1. The molecule has 1 aliphatic rings. The first-order valence-electron chi connectivity index (χ1n) is 10.2. The van der Waals surface area contributed by atoms with Gasteiger partial charge in [-0.15, -0.1) is 0 Å². The van der Waals surface area contributed by atoms with Gasteiger partial charge in [-0.1, -0.05) is 37.8 Å². The summed E-state index contributed by atoms with van der Waals surface area (Å²) in [6, 6.07) is 15.0. The number of hydrogen-bond donors (Lipinski definition) is 2. The Bertz CT molecular complexity index is 1360. The first-order valence-corrected chi connectivity index (χ1v) is 11.9. The van der Waals surface area contributed by atoms with Crippen LogP contribution in [0.5, 0.6) is 0 Å². The molecule has 5 rings (SSSR count). The average Bonchev–Trinajstić information content (AvgIpc) is 3.44. The van der Waals surface area contributed by atoms with Crippen molar-refractivity contribution < 1.29 is 17.6 Å². The van der Waals surface area contributed by atoms with Gasteiger partial charge in [-0.3, -0.25) is 4.79 Å². The number of primary amides is 1. The molecule has 2 atom stereocenters. The van der Waals surface area contributed by atoms with Gasteiger partial charge in [-0.25, -0.2) is 8.42 Å². The fourth-order valence-corrected chi connectivity index (χ4v) is 6.64. The normalized spacial score (nSPS) is 20.0. The Morgan fingerprint density at radius 1 is 1.09 bits per heavy atom. The molecule has 32 heavy (non-hydrogen) atoms. The number of amides is 1. The van der Waals surface area contributed by atoms with E-state index >= 15 is 0 Å². The van der Waals surface area contributed by atoms with Crippen molar-refractivity contribution in [2.45, 2.75) is 31.4 Å². The first kappa shape index (κ1) is 21.9. The average molecular weight is 451 g/mol. The van der Waals surface area contributed by atoms with E-state index in [-0.39, 0.29) is 19.1 Å². The molecule has 2 aromatic carbocycles. The molecular weight excluding hydrogens is 424 g/mol. The molecule has 1 fully saturated rings. The lowest BCUT2D eigenvalue weighted by atomic mass is 9.88. The van der Waals surface area contributed by atoms with E-state index < -0.39 is 21.0 Å². The summed E-state index contributed by atoms with van der Waals surface area (Å²) in [5, 5.41) is 0.355. The third-order valence-electron chi connectivity index (χ3n) is 6.24. The number of carbonyl (C=O) groups is 1. The van der Waals surface area contributed by atoms with Gasteiger partial charge in [0.05, 0.1) is 34.6 Å². The summed E-state index contributed by atoms with van der Waals surface area (Å²) >= 11 is 0. The number of rotatable bonds is 4. The third kappa shape index (κ3) is 3.73. The number of fused-ring (bicyclic) bond motifs is 1. The zero-order chi connectivity index (χ0) is 21.6. The number of hydrogen-bond acceptors (Lipinski definition) is 4. The maximum absolute atomic E-state index is 12.8. The third-order valence-corrected chi connectivity index (χ3v) is 8.37. The zero-order valence-corrected chi connectivity index (χ0v) is 17.6. The van der Waals surface area contributed by atoms with Crippen molar-refractivity contribution in [3.63, 3.8) is 0 Å². The smallest absolute Gasteiger partial charge is 0.250 e. The largest absolute Gasteiger partial charge is 0.472 e. The molecule has 1 amide bonds. The van der Waals surface area contributed by atoms with Crippen molar-refractivity contribution in [3.8, 4) is 11.1 Å². The number of aromatic amines is 1. The van der Waals surface area contributed by atoms with Crippen LogP contribution in [0, 0.1) is 0 Å². The number of aromatic nitrogens is 1. The van der Waals surface area contributed by atoms with Crippen LogP contribution in [-0.4, -0.2) is 25.1 Å². The molecule has 0 radical (unpaired) electrons. The van der Waals surface area contributed by atoms with Crippen LogP contribution in [0.25, 0.3) is 22.0 Å². The fraction of sp³-hybridized carbons (Fsp3) is 0.240. The van der Waals surface area contributed by atoms with Gasteiger partial charge in [0.25, 0.3) is 5.91 Å². The Hall–Kier alpha value is -3.32. The summed E-state index contributed by atoms with van der Waals surface area (Å²) < 4.78 is 30.9. The van der Waals surface area contributed by atoms with Crippen LogP contribution in [-0.2, 0) is 9.84 Å². The summed E-state index contributed by atoms with van der Waals surface area (Å²) in [7, 11) is -3.22. The fourth-order valence-electron chi connectivity index (χ4n) is 4.65. The Labute approximate surface area is 187 Å². The molecule has 166 valence electrons. The highest BCUT2D eigenvalue weighted by atomic mass is 32.2. The van der Waals surface area contributed by atoms with Gasteiger partial charge in [0.15, 0.2) is 9.84 Å². The van der Waals surface area contributed by atoms with Crippen LogP contribution in [0.2, 0.25) is 0 Å². The van der Waals surface area contributed by atoms with Gasteiger partial charge in [0.1, 0.15) is 0 Å². The number of sulfone groups is 1. The highest BCUT2D eigenvalue weighted by Crippen LogP contribution is 2.44. The number of H-pyrrole nitrogens is 1. The van der Waals surface area contributed by atoms with E-state index in [1.54, 1.807) is 18.6 Å². The minimum atomic E-state index is -3.22. The number of carbonyl (C=O) groups excluding carboxylic acids is 1. The van der Waals surface area contributed by atoms with Gasteiger partial charge >= 0.3 is 0 Å². The van der Waals surface area contributed by atoms with Crippen LogP contribution in [0.3, 0.4) is 0 Å². The summed E-state index contributed by atoms with van der Waals surface area (Å²) in [5.41, 5.74) is 10.3. The van der Waals surface area contributed by atoms with Crippen LogP contribution < -0.4 is 5.73 Å². The zero-order valence-electron chi connectivity index (χ0n) is 16.7. The molecule has 0 aliphatic carbocycles. The lowest BCUT2D eigenvalue weighted by Gasteiger charge is -2.29. The number of benzene rings is 2. The molecular formula is C25H26N2O4S. The summed E-state index contributed by atoms with van der Waals surface area (Å²) in [6.07, 6.45) is 6.14. The van der Waals surface area contributed by atoms with Crippen LogP contribution in [0.4, 0.5) is 0 Å². The van der Waals surface area contributed by atoms with Crippen LogP contribution in [0.15, 0.2) is 71.7 Å². The minimum Gasteiger partial charge on any atom is -0.472 e. The Balaban J connectivity index is 0.00000245. The minimum absolute atomic E-state index is 0. The molecule has 0 unspecified atom stereocenters. The monoisotopic (exact) mass is 450 g/mol. The second-order valence-corrected chi connectivity index (χ2v) is 10.4. The van der Waals surface area contributed by atoms with Gasteiger partial charge in [0, 0.05) is 17.1 Å². The Kier molecular flexibility index (Phi) is 5.69. The molecule has 0 bridgehead atoms. The molecule has 1 saturated heterocycles. The molecule has 4 aromatic rings. The van der Waals surface area contributed by atoms with E-state index in [4.69, 9.17) is 10.2 Å². The van der Waals surface area contributed by atoms with Crippen molar-refractivity contribution in [2.24, 2.45) is 5.73 Å². The highest BCUT2D eigenvalue weighted by Gasteiger charge is 2.36. The lowest BCUT2D eigenvalue weighted by Crippen LogP contribution is -2.26. The van der Waals surface area contributed by atoms with Gasteiger partial charge < -0.3 is 15.1 Å². The molecule has 0 saturated carbocycles. The van der Waals surface area contributed by atoms with E-state index in [1.165, 1.54) is 0 Å². The molecule has 0 spiro atoms. The second-order valence-electron chi connectivity index (χ2n) is 8.05. The first-order chi connectivity index (χ1) is 14.9. The summed E-state index contributed by atoms with van der Waals surface area (Å²) in [5.74, 6) is -0.339. The van der Waals surface area contributed by atoms with E-state index in [0.29, 0.717) is 23.9 Å². The second kappa shape index (κ2) is 8.31. The predicted molar refractivity (Wildman–Crippen MR) is 126 cm³/mol. The lowest BCUT2D eigenvalue weighted by molar-refractivity contribution is 0.100. The summed E-state index contributed by atoms with van der Waals surface area (Å²) in [6.45, 7) is 0. The molecule has 3 heterocycles. The van der Waals surface area contributed by atoms with Crippen molar-refractivity contribution >= 4 is 26.6 Å². The van der Waals surface area contributed by atoms with Crippen LogP contribution in [0.1, 0.15) is 52.9 Å². The van der Waals surface area contributed by atoms with Gasteiger partial charge in [0.2, 0.25) is 0 Å². The van der Waals surface area contributed by atoms with E-state index in [0.717, 1.165) is 27.6 Å². The predicted octanol–water partition coefficient (Wildman–Crippen LogP) is 5.20. The van der Waals surface area contributed by atoms with Crippen molar-refractivity contribution in [2.75, 3.05) is 5.75 Å². The Morgan fingerprint density at radius 2 is 1.88 bits per heavy atom. The highest BCUT2D eigenvalue weighted by molar-refractivity contribution is 7.91. The maximum Gasteiger partial charge on any atom is 0.250 e. The SMILES string of the molecule is C.NC(=O)c1cc(-c2ccoc2)cc2c([C@H]3CCS(=O)(=O)[C@@H](c4ccccc4)C3)c[nH]c12. The van der Waals surface area contributed by atoms with E-state index in [9.17, 15) is 13.2 Å². The number of furan rings is 1. The molecule has 2 aromatic heterocycles. The molecule has 1 aliphatic heterocycles. The number of nitrogens with two attached hydrogens (primary N) is 1. The van der Waals surface area contributed by atoms with E-state index in [2.05, 4.69) is 4.98 Å². The summed E-state index contributed by atoms with van der Waals surface area (Å²) in [4.78, 5) is 15.4. The topological polar surface area (TPSA) is 106 Å². The number of nitrogens with one attached hydrogen (secondary N) is 1. The Morgan fingerprint density at radius 3 is 2.56 bits per heavy atom. The van der Waals surface area contributed by atoms with E-state index in [1.807, 2.05) is 48.7 Å². The van der Waals surface area contributed by atoms with Crippen molar-refractivity contribution in [1.29, 1.82) is 0 Å². The van der Waals surface area contributed by atoms with Gasteiger partial charge in [-0.2, -0.15) is 0 Å². The van der Waals surface area contributed by atoms with Gasteiger partial charge in [-0.05, 0) is 53.6 Å².